The maximum atomic E-state index is 11.9. The Morgan fingerprint density at radius 3 is 2.19 bits per heavy atom. The van der Waals surface area contributed by atoms with E-state index in [1.165, 1.54) is 47.8 Å². The van der Waals surface area contributed by atoms with Gasteiger partial charge in [-0.3, -0.25) is 14.5 Å². The maximum Gasteiger partial charge on any atom is 0.244 e. The lowest BCUT2D eigenvalue weighted by Crippen LogP contribution is -2.55. The normalized spacial score (nSPS) is 22.7. The van der Waals surface area contributed by atoms with Gasteiger partial charge in [0.2, 0.25) is 11.8 Å². The van der Waals surface area contributed by atoms with Crippen LogP contribution >= 0.6 is 0 Å². The van der Waals surface area contributed by atoms with E-state index >= 15 is 0 Å². The summed E-state index contributed by atoms with van der Waals surface area (Å²) in [5, 5.41) is 3.32. The molecule has 2 amide bonds. The van der Waals surface area contributed by atoms with Gasteiger partial charge in [-0.05, 0) is 37.0 Å². The van der Waals surface area contributed by atoms with E-state index < -0.39 is 0 Å². The van der Waals surface area contributed by atoms with Crippen LogP contribution < -0.4 is 4.90 Å². The van der Waals surface area contributed by atoms with E-state index in [0.29, 0.717) is 12.8 Å². The molecule has 6 nitrogen and oxygen atoms in total. The molecule has 0 aliphatic carbocycles. The maximum absolute atomic E-state index is 11.9. The van der Waals surface area contributed by atoms with Gasteiger partial charge in [-0.15, -0.1) is 0 Å². The minimum atomic E-state index is -0.0439. The summed E-state index contributed by atoms with van der Waals surface area (Å²) < 4.78 is 0. The van der Waals surface area contributed by atoms with Gasteiger partial charge >= 0.3 is 0 Å². The summed E-state index contributed by atoms with van der Waals surface area (Å²) >= 11 is 0. The van der Waals surface area contributed by atoms with Crippen LogP contribution in [0, 0.1) is 6.92 Å². The number of hydrazine groups is 1. The topological polar surface area (TPSA) is 47.1 Å². The van der Waals surface area contributed by atoms with Crippen molar-refractivity contribution < 1.29 is 9.59 Å². The zero-order chi connectivity index (χ0) is 18.1. The highest BCUT2D eigenvalue weighted by Crippen LogP contribution is 2.27. The Kier molecular flexibility index (Phi) is 4.96. The van der Waals surface area contributed by atoms with Crippen molar-refractivity contribution in [1.82, 2.24) is 14.9 Å². The second kappa shape index (κ2) is 7.37. The highest BCUT2D eigenvalue weighted by Gasteiger charge is 2.35. The van der Waals surface area contributed by atoms with Gasteiger partial charge in [-0.1, -0.05) is 12.1 Å². The number of hydrogen-bond donors (Lipinski definition) is 0. The van der Waals surface area contributed by atoms with Crippen molar-refractivity contribution in [3.63, 3.8) is 0 Å². The minimum absolute atomic E-state index is 0.0439. The lowest BCUT2D eigenvalue weighted by molar-refractivity contribution is -0.160. The third kappa shape index (κ3) is 3.35. The Labute approximate surface area is 155 Å². The summed E-state index contributed by atoms with van der Waals surface area (Å²) in [6.07, 6.45) is 3.31. The smallest absolute Gasteiger partial charge is 0.244 e. The van der Waals surface area contributed by atoms with Gasteiger partial charge in [0, 0.05) is 64.3 Å². The molecule has 6 heteroatoms. The molecule has 0 bridgehead atoms. The molecule has 0 saturated carbocycles. The van der Waals surface area contributed by atoms with Gasteiger partial charge in [0.1, 0.15) is 0 Å². The Balaban J connectivity index is 1.38. The van der Waals surface area contributed by atoms with Gasteiger partial charge in [-0.2, -0.15) is 0 Å². The molecule has 1 aromatic rings. The fourth-order valence-electron chi connectivity index (χ4n) is 4.36. The van der Waals surface area contributed by atoms with Crippen LogP contribution in [0.2, 0.25) is 0 Å². The van der Waals surface area contributed by atoms with Crippen LogP contribution in [0.3, 0.4) is 0 Å². The number of benzene rings is 1. The van der Waals surface area contributed by atoms with Crippen molar-refractivity contribution in [2.24, 2.45) is 0 Å². The highest BCUT2D eigenvalue weighted by molar-refractivity contribution is 6.01. The number of piperazine rings is 1. The Morgan fingerprint density at radius 1 is 0.885 bits per heavy atom. The zero-order valence-corrected chi connectivity index (χ0v) is 15.6. The standard InChI is InChI=1S/C20H28N4O2/c1-16-17(5-4-6-18(16)22-9-2-3-10-22)15-21-11-13-23(14-12-21)24-19(25)7-8-20(24)26/h4-6H,2-3,7-15H2,1H3. The van der Waals surface area contributed by atoms with Crippen LogP contribution in [0.5, 0.6) is 0 Å². The monoisotopic (exact) mass is 356 g/mol. The summed E-state index contributed by atoms with van der Waals surface area (Å²) in [4.78, 5) is 28.7. The summed E-state index contributed by atoms with van der Waals surface area (Å²) in [7, 11) is 0. The quantitative estimate of drug-likeness (QED) is 0.770. The number of anilines is 1. The second-order valence-electron chi connectivity index (χ2n) is 7.58. The molecule has 1 aromatic carbocycles. The average molecular weight is 356 g/mol. The minimum Gasteiger partial charge on any atom is -0.371 e. The van der Waals surface area contributed by atoms with Crippen molar-refractivity contribution in [3.8, 4) is 0 Å². The number of rotatable bonds is 4. The zero-order valence-electron chi connectivity index (χ0n) is 15.6. The number of amides is 2. The highest BCUT2D eigenvalue weighted by atomic mass is 16.2. The molecular formula is C20H28N4O2. The number of imide groups is 1. The predicted molar refractivity (Wildman–Crippen MR) is 101 cm³/mol. The summed E-state index contributed by atoms with van der Waals surface area (Å²) in [5.74, 6) is -0.0878. The Morgan fingerprint density at radius 2 is 1.54 bits per heavy atom. The summed E-state index contributed by atoms with van der Waals surface area (Å²) in [6.45, 7) is 8.74. The Hall–Kier alpha value is -1.92. The van der Waals surface area contributed by atoms with Gasteiger partial charge in [0.05, 0.1) is 0 Å². The van der Waals surface area contributed by atoms with Crippen molar-refractivity contribution in [1.29, 1.82) is 0 Å². The van der Waals surface area contributed by atoms with Gasteiger partial charge < -0.3 is 4.90 Å². The molecule has 3 fully saturated rings. The van der Waals surface area contributed by atoms with Crippen LogP contribution in [0.15, 0.2) is 18.2 Å². The van der Waals surface area contributed by atoms with Crippen LogP contribution in [0.4, 0.5) is 5.69 Å². The molecule has 3 aliphatic heterocycles. The van der Waals surface area contributed by atoms with Gasteiger partial charge in [-0.25, -0.2) is 10.0 Å². The van der Waals surface area contributed by atoms with E-state index in [0.717, 1.165) is 32.7 Å². The van der Waals surface area contributed by atoms with E-state index in [9.17, 15) is 9.59 Å². The molecule has 0 spiro atoms. The van der Waals surface area contributed by atoms with Crippen LogP contribution in [-0.4, -0.2) is 66.0 Å². The number of hydrogen-bond acceptors (Lipinski definition) is 5. The molecule has 140 valence electrons. The molecule has 0 atom stereocenters. The van der Waals surface area contributed by atoms with E-state index in [4.69, 9.17) is 0 Å². The molecule has 0 N–H and O–H groups in total. The first-order valence-corrected chi connectivity index (χ1v) is 9.80. The molecule has 3 aliphatic rings. The first kappa shape index (κ1) is 17.5. The molecule has 3 saturated heterocycles. The van der Waals surface area contributed by atoms with Crippen molar-refractivity contribution in [2.75, 3.05) is 44.2 Å². The first-order valence-electron chi connectivity index (χ1n) is 9.80. The number of carbonyl (C=O) groups is 2. The van der Waals surface area contributed by atoms with Gasteiger partial charge in [0.15, 0.2) is 0 Å². The number of carbonyl (C=O) groups excluding carboxylic acids is 2. The molecule has 26 heavy (non-hydrogen) atoms. The average Bonchev–Trinajstić information content (AvgIpc) is 3.28. The van der Waals surface area contributed by atoms with Crippen LogP contribution in [0.1, 0.15) is 36.8 Å². The molecule has 0 aromatic heterocycles. The van der Waals surface area contributed by atoms with E-state index in [2.05, 4.69) is 34.9 Å². The molecule has 0 radical (unpaired) electrons. The number of nitrogens with zero attached hydrogens (tertiary/aromatic N) is 4. The Bertz CT molecular complexity index is 675. The summed E-state index contributed by atoms with van der Waals surface area (Å²) in [5.41, 5.74) is 4.16. The van der Waals surface area contributed by atoms with Gasteiger partial charge in [0.25, 0.3) is 0 Å². The molecule has 0 unspecified atom stereocenters. The van der Waals surface area contributed by atoms with Crippen molar-refractivity contribution >= 4 is 17.5 Å². The third-order valence-corrected chi connectivity index (χ3v) is 5.91. The van der Waals surface area contributed by atoms with Crippen molar-refractivity contribution in [2.45, 2.75) is 39.2 Å². The fourth-order valence-corrected chi connectivity index (χ4v) is 4.36. The molecule has 4 rings (SSSR count). The summed E-state index contributed by atoms with van der Waals surface area (Å²) in [6, 6.07) is 6.65. The largest absolute Gasteiger partial charge is 0.371 e. The lowest BCUT2D eigenvalue weighted by atomic mass is 10.0. The second-order valence-corrected chi connectivity index (χ2v) is 7.58. The molecule has 3 heterocycles. The predicted octanol–water partition coefficient (Wildman–Crippen LogP) is 1.78. The van der Waals surface area contributed by atoms with E-state index in [1.54, 1.807) is 0 Å². The van der Waals surface area contributed by atoms with Crippen LogP contribution in [-0.2, 0) is 16.1 Å². The van der Waals surface area contributed by atoms with E-state index in [-0.39, 0.29) is 11.8 Å². The lowest BCUT2D eigenvalue weighted by Gasteiger charge is -2.38. The first-order chi connectivity index (χ1) is 12.6. The fraction of sp³-hybridized carbons (Fsp3) is 0.600. The van der Waals surface area contributed by atoms with Crippen LogP contribution in [0.25, 0.3) is 0 Å². The van der Waals surface area contributed by atoms with E-state index in [1.807, 2.05) is 5.01 Å². The van der Waals surface area contributed by atoms with Crippen molar-refractivity contribution in [3.05, 3.63) is 29.3 Å². The molecular weight excluding hydrogens is 328 g/mol. The third-order valence-electron chi connectivity index (χ3n) is 5.91. The SMILES string of the molecule is Cc1c(CN2CCN(N3C(=O)CCC3=O)CC2)cccc1N1CCCC1.